The Labute approximate surface area is 204 Å². The van der Waals surface area contributed by atoms with Crippen LogP contribution in [0.25, 0.3) is 0 Å². The second kappa shape index (κ2) is 11.3. The van der Waals surface area contributed by atoms with Crippen LogP contribution in [0.1, 0.15) is 38.1 Å². The van der Waals surface area contributed by atoms with Crippen molar-refractivity contribution in [3.8, 4) is 17.4 Å². The van der Waals surface area contributed by atoms with Crippen molar-refractivity contribution in [1.29, 1.82) is 0 Å². The van der Waals surface area contributed by atoms with Gasteiger partial charge in [-0.1, -0.05) is 26.8 Å². The van der Waals surface area contributed by atoms with Crippen molar-refractivity contribution in [1.82, 2.24) is 4.98 Å². The van der Waals surface area contributed by atoms with Crippen molar-refractivity contribution in [2.45, 2.75) is 33.8 Å². The third-order valence-electron chi connectivity index (χ3n) is 4.83. The normalized spacial score (nSPS) is 11.8. The summed E-state index contributed by atoms with van der Waals surface area (Å²) < 4.78 is 16.3. The van der Waals surface area contributed by atoms with Crippen LogP contribution in [0.5, 0.6) is 17.4 Å². The second-order valence-corrected chi connectivity index (χ2v) is 8.81. The van der Waals surface area contributed by atoms with Crippen LogP contribution in [0.3, 0.4) is 0 Å². The number of benzene rings is 2. The van der Waals surface area contributed by atoms with E-state index in [1.165, 1.54) is 6.92 Å². The lowest BCUT2D eigenvalue weighted by atomic mass is 9.95. The van der Waals surface area contributed by atoms with Crippen LogP contribution >= 0.6 is 0 Å². The smallest absolute Gasteiger partial charge is 0.344 e. The molecule has 0 aliphatic rings. The summed E-state index contributed by atoms with van der Waals surface area (Å²) in [5, 5.41) is 2.79. The zero-order valence-corrected chi connectivity index (χ0v) is 20.1. The van der Waals surface area contributed by atoms with Crippen LogP contribution in [0.15, 0.2) is 72.9 Å². The highest BCUT2D eigenvalue weighted by molar-refractivity contribution is 6.01. The number of hydrogen-bond acceptors (Lipinski definition) is 7. The van der Waals surface area contributed by atoms with Crippen molar-refractivity contribution in [2.24, 2.45) is 5.41 Å². The maximum atomic E-state index is 12.6. The number of ketones is 1. The van der Waals surface area contributed by atoms with E-state index in [0.717, 1.165) is 0 Å². The number of anilines is 1. The van der Waals surface area contributed by atoms with Gasteiger partial charge in [-0.25, -0.2) is 9.78 Å². The molecule has 2 aromatic carbocycles. The van der Waals surface area contributed by atoms with Gasteiger partial charge in [-0.05, 0) is 61.5 Å². The summed E-state index contributed by atoms with van der Waals surface area (Å²) in [6.45, 7) is 6.59. The number of ether oxygens (including phenoxy) is 3. The van der Waals surface area contributed by atoms with E-state index in [1.54, 1.807) is 66.9 Å². The van der Waals surface area contributed by atoms with Crippen molar-refractivity contribution in [3.63, 3.8) is 0 Å². The number of rotatable bonds is 9. The lowest BCUT2D eigenvalue weighted by molar-refractivity contribution is -0.148. The summed E-state index contributed by atoms with van der Waals surface area (Å²) in [6, 6.07) is 18.5. The van der Waals surface area contributed by atoms with E-state index in [9.17, 15) is 14.4 Å². The molecule has 0 unspecified atom stereocenters. The Bertz CT molecular complexity index is 1150. The molecule has 0 bridgehead atoms. The molecule has 182 valence electrons. The molecular weight excluding hydrogens is 448 g/mol. The van der Waals surface area contributed by atoms with Gasteiger partial charge in [0.05, 0.1) is 0 Å². The lowest BCUT2D eigenvalue weighted by Gasteiger charge is -2.18. The summed E-state index contributed by atoms with van der Waals surface area (Å²) in [4.78, 5) is 40.9. The summed E-state index contributed by atoms with van der Waals surface area (Å²) in [6.07, 6.45) is 0.641. The minimum Gasteiger partial charge on any atom is -0.482 e. The van der Waals surface area contributed by atoms with E-state index < -0.39 is 17.5 Å². The third-order valence-corrected chi connectivity index (χ3v) is 4.83. The Kier molecular flexibility index (Phi) is 8.20. The first-order chi connectivity index (χ1) is 16.6. The van der Waals surface area contributed by atoms with E-state index in [2.05, 4.69) is 10.3 Å². The summed E-state index contributed by atoms with van der Waals surface area (Å²) >= 11 is 0. The van der Waals surface area contributed by atoms with Crippen molar-refractivity contribution < 1.29 is 28.6 Å². The molecule has 1 amide bonds. The molecule has 1 heterocycles. The van der Waals surface area contributed by atoms with Gasteiger partial charge in [0.2, 0.25) is 17.6 Å². The minimum atomic E-state index is -0.990. The van der Waals surface area contributed by atoms with E-state index >= 15 is 0 Å². The van der Waals surface area contributed by atoms with Gasteiger partial charge in [-0.3, -0.25) is 9.59 Å². The highest BCUT2D eigenvalue weighted by Crippen LogP contribution is 2.22. The number of Topliss-reactive ketones (excluding diaryl/α,β-unsaturated/α-hetero) is 1. The van der Waals surface area contributed by atoms with E-state index in [4.69, 9.17) is 14.2 Å². The summed E-state index contributed by atoms with van der Waals surface area (Å²) in [7, 11) is 0. The highest BCUT2D eigenvalue weighted by atomic mass is 16.6. The first-order valence-corrected chi connectivity index (χ1v) is 11.1. The molecule has 0 fully saturated rings. The van der Waals surface area contributed by atoms with Crippen molar-refractivity contribution in [2.75, 3.05) is 11.9 Å². The lowest BCUT2D eigenvalue weighted by Crippen LogP contribution is -2.28. The van der Waals surface area contributed by atoms with Crippen LogP contribution in [0.2, 0.25) is 0 Å². The Balaban J connectivity index is 1.46. The summed E-state index contributed by atoms with van der Waals surface area (Å²) in [5.74, 6) is 0.322. The van der Waals surface area contributed by atoms with Crippen molar-refractivity contribution >= 4 is 23.3 Å². The molecule has 8 nitrogen and oxygen atoms in total. The number of amides is 1. The average Bonchev–Trinajstić information content (AvgIpc) is 2.83. The minimum absolute atomic E-state index is 0.130. The van der Waals surface area contributed by atoms with E-state index in [-0.39, 0.29) is 18.3 Å². The molecule has 35 heavy (non-hydrogen) atoms. The Hall–Kier alpha value is -4.20. The van der Waals surface area contributed by atoms with Crippen LogP contribution in [-0.2, 0) is 14.3 Å². The zero-order chi connectivity index (χ0) is 25.4. The molecule has 1 N–H and O–H groups in total. The van der Waals surface area contributed by atoms with Crippen LogP contribution in [-0.4, -0.2) is 35.4 Å². The van der Waals surface area contributed by atoms with Gasteiger partial charge < -0.3 is 19.5 Å². The highest BCUT2D eigenvalue weighted by Gasteiger charge is 2.22. The average molecular weight is 477 g/mol. The summed E-state index contributed by atoms with van der Waals surface area (Å²) in [5.41, 5.74) is 0.411. The first-order valence-electron chi connectivity index (χ1n) is 11.1. The molecule has 0 aliphatic carbocycles. The third kappa shape index (κ3) is 7.67. The van der Waals surface area contributed by atoms with E-state index in [1.807, 2.05) is 26.8 Å². The SMILES string of the molecule is C[C@H](OC(=O)COc1ccc(Oc2ccccn2)cc1)C(=O)c1ccc(NC(=O)C(C)(C)C)cc1. The number of carbonyl (C=O) groups is 3. The number of nitrogens with one attached hydrogen (secondary N) is 1. The second-order valence-electron chi connectivity index (χ2n) is 8.81. The molecule has 3 aromatic rings. The van der Waals surface area contributed by atoms with Crippen LogP contribution in [0.4, 0.5) is 5.69 Å². The molecule has 0 spiro atoms. The number of hydrogen-bond donors (Lipinski definition) is 1. The number of pyridine rings is 1. The fraction of sp³-hybridized carbons (Fsp3) is 0.259. The van der Waals surface area contributed by atoms with Gasteiger partial charge in [0, 0.05) is 28.9 Å². The predicted molar refractivity (Wildman–Crippen MR) is 131 cm³/mol. The van der Waals surface area contributed by atoms with Crippen molar-refractivity contribution in [3.05, 3.63) is 78.5 Å². The number of esters is 1. The monoisotopic (exact) mass is 476 g/mol. The van der Waals surface area contributed by atoms with Crippen LogP contribution < -0.4 is 14.8 Å². The predicted octanol–water partition coefficient (Wildman–Crippen LogP) is 5.05. The topological polar surface area (TPSA) is 104 Å². The maximum Gasteiger partial charge on any atom is 0.344 e. The van der Waals surface area contributed by atoms with Gasteiger partial charge in [0.15, 0.2) is 12.7 Å². The van der Waals surface area contributed by atoms with Crippen LogP contribution in [0, 0.1) is 5.41 Å². The fourth-order valence-electron chi connectivity index (χ4n) is 2.83. The van der Waals surface area contributed by atoms with Gasteiger partial charge >= 0.3 is 5.97 Å². The standard InChI is InChI=1S/C27H28N2O6/c1-18(25(31)19-8-10-20(11-9-19)29-26(32)27(2,3)4)34-24(30)17-33-21-12-14-22(15-13-21)35-23-7-5-6-16-28-23/h5-16,18H,17H2,1-4H3,(H,29,32)/t18-/m0/s1. The van der Waals surface area contributed by atoms with Gasteiger partial charge in [0.25, 0.3) is 0 Å². The first kappa shape index (κ1) is 25.4. The van der Waals surface area contributed by atoms with Gasteiger partial charge in [0.1, 0.15) is 11.5 Å². The molecule has 3 rings (SSSR count). The van der Waals surface area contributed by atoms with Gasteiger partial charge in [-0.2, -0.15) is 0 Å². The zero-order valence-electron chi connectivity index (χ0n) is 20.1. The maximum absolute atomic E-state index is 12.6. The quantitative estimate of drug-likeness (QED) is 0.340. The molecule has 1 aromatic heterocycles. The number of nitrogens with zero attached hydrogens (tertiary/aromatic N) is 1. The number of carbonyl (C=O) groups excluding carboxylic acids is 3. The molecule has 0 aliphatic heterocycles. The Morgan fingerprint density at radius 1 is 0.914 bits per heavy atom. The Morgan fingerprint density at radius 2 is 1.57 bits per heavy atom. The molecular formula is C27H28N2O6. The molecule has 0 saturated carbocycles. The molecule has 8 heteroatoms. The largest absolute Gasteiger partial charge is 0.482 e. The Morgan fingerprint density at radius 3 is 2.17 bits per heavy atom. The number of aromatic nitrogens is 1. The molecule has 0 radical (unpaired) electrons. The molecule has 0 saturated heterocycles. The molecule has 1 atom stereocenters. The van der Waals surface area contributed by atoms with E-state index in [0.29, 0.717) is 28.6 Å². The van der Waals surface area contributed by atoms with Gasteiger partial charge in [-0.15, -0.1) is 0 Å². The fourth-order valence-corrected chi connectivity index (χ4v) is 2.83.